The highest BCUT2D eigenvalue weighted by Crippen LogP contribution is 2.32. The summed E-state index contributed by atoms with van der Waals surface area (Å²) in [6, 6.07) is 22.1. The first-order valence-corrected chi connectivity index (χ1v) is 22.3. The van der Waals surface area contributed by atoms with Crippen molar-refractivity contribution in [2.45, 2.75) is 36.3 Å². The second-order valence-electron chi connectivity index (χ2n) is 13.5. The number of sulfone groups is 1. The predicted octanol–water partition coefficient (Wildman–Crippen LogP) is 5.80. The predicted molar refractivity (Wildman–Crippen MR) is 229 cm³/mol. The van der Waals surface area contributed by atoms with Crippen LogP contribution in [0.3, 0.4) is 0 Å². The molecule has 0 aliphatic heterocycles. The van der Waals surface area contributed by atoms with Gasteiger partial charge in [-0.3, -0.25) is 19.2 Å². The summed E-state index contributed by atoms with van der Waals surface area (Å²) in [5, 5.41) is 17.5. The molecule has 0 aliphatic carbocycles. The first-order chi connectivity index (χ1) is 31.3. The smallest absolute Gasteiger partial charge is 0.350 e. The maximum atomic E-state index is 13.4. The van der Waals surface area contributed by atoms with Crippen molar-refractivity contribution >= 4 is 45.2 Å². The van der Waals surface area contributed by atoms with E-state index in [1.54, 1.807) is 84.6 Å². The molecule has 4 N–H and O–H groups in total. The number of halogens is 6. The van der Waals surface area contributed by atoms with Crippen LogP contribution in [0.25, 0.3) is 11.4 Å². The van der Waals surface area contributed by atoms with Crippen LogP contribution in [0.1, 0.15) is 66.7 Å². The molecule has 2 aromatic carbocycles. The molecule has 0 bridgehead atoms. The molecule has 4 aromatic heterocycles. The number of pyridine rings is 2. The highest BCUT2D eigenvalue weighted by atomic mass is 32.2. The van der Waals surface area contributed by atoms with Crippen molar-refractivity contribution in [2.75, 3.05) is 37.7 Å². The van der Waals surface area contributed by atoms with E-state index >= 15 is 0 Å². The van der Waals surface area contributed by atoms with Crippen molar-refractivity contribution in [3.8, 4) is 11.4 Å². The average Bonchev–Trinajstić information content (AvgIpc) is 3.98. The zero-order valence-corrected chi connectivity index (χ0v) is 36.5. The van der Waals surface area contributed by atoms with Gasteiger partial charge in [-0.25, -0.2) is 27.7 Å². The zero-order chi connectivity index (χ0) is 48.1. The molecule has 66 heavy (non-hydrogen) atoms. The second-order valence-corrected chi connectivity index (χ2v) is 17.0. The van der Waals surface area contributed by atoms with Crippen LogP contribution in [0.5, 0.6) is 0 Å². The first kappa shape index (κ1) is 49.9. The van der Waals surface area contributed by atoms with Crippen LogP contribution < -0.4 is 21.3 Å². The molecule has 0 saturated heterocycles. The molecule has 0 aliphatic rings. The SMILES string of the molecule is CCS(=O)(=O)c1ccc(C(=O)NCCNC(=O)c2cn(-c3ccccc3)nc2C(F)(F)F)cn1.CCSc1ccc(C(=O)NCCNC(=O)c2cn(-c3ccccc3)nc2C(F)(F)F)cn1. The van der Waals surface area contributed by atoms with Gasteiger partial charge in [0.25, 0.3) is 23.6 Å². The van der Waals surface area contributed by atoms with Crippen molar-refractivity contribution in [1.82, 2.24) is 50.8 Å². The number of thioether (sulfide) groups is 1. The van der Waals surface area contributed by atoms with Crippen LogP contribution in [0.4, 0.5) is 26.3 Å². The summed E-state index contributed by atoms with van der Waals surface area (Å²) in [5.41, 5.74) is -2.68. The largest absolute Gasteiger partial charge is 0.435 e. The van der Waals surface area contributed by atoms with Crippen molar-refractivity contribution in [2.24, 2.45) is 0 Å². The molecule has 0 fully saturated rings. The van der Waals surface area contributed by atoms with Gasteiger partial charge in [0.15, 0.2) is 26.3 Å². The van der Waals surface area contributed by atoms with E-state index in [0.717, 1.165) is 38.7 Å². The Morgan fingerprint density at radius 2 is 0.985 bits per heavy atom. The van der Waals surface area contributed by atoms with E-state index < -0.39 is 68.3 Å². The summed E-state index contributed by atoms with van der Waals surface area (Å²) in [7, 11) is -3.50. The summed E-state index contributed by atoms with van der Waals surface area (Å²) in [5.74, 6) is -2.19. The Labute approximate surface area is 377 Å². The molecule has 24 heteroatoms. The first-order valence-electron chi connectivity index (χ1n) is 19.7. The van der Waals surface area contributed by atoms with Gasteiger partial charge in [-0.05, 0) is 54.3 Å². The molecule has 6 aromatic rings. The van der Waals surface area contributed by atoms with E-state index in [2.05, 4.69) is 41.4 Å². The minimum absolute atomic E-state index is 0.0320. The van der Waals surface area contributed by atoms with Crippen molar-refractivity contribution in [3.63, 3.8) is 0 Å². The Balaban J connectivity index is 0.000000248. The molecule has 0 spiro atoms. The standard InChI is InChI=1S/C21H20F3N5O4S.C21H20F3N5O2S/c1-2-34(32,33)17-9-8-14(12-27-17)19(30)25-10-11-26-20(31)16-13-29(15-6-4-3-5-7-15)28-18(16)21(22,23)24;1-2-32-17-9-8-14(12-27-17)19(30)25-10-11-26-20(31)16-13-29(15-6-4-3-5-7-15)28-18(16)21(22,23)24/h3-9,12-13H,2,10-11H2,1H3,(H,25,30)(H,26,31);3-9,12-13H,2,10-11H2,1H3,(H,25,30)(H,26,31). The number of para-hydroxylation sites is 2. The van der Waals surface area contributed by atoms with Crippen LogP contribution in [-0.4, -0.2) is 99.3 Å². The maximum absolute atomic E-state index is 13.4. The van der Waals surface area contributed by atoms with E-state index in [-0.39, 0.29) is 42.5 Å². The van der Waals surface area contributed by atoms with Crippen LogP contribution >= 0.6 is 11.8 Å². The molecule has 4 amide bonds. The van der Waals surface area contributed by atoms with Crippen LogP contribution in [0, 0.1) is 0 Å². The van der Waals surface area contributed by atoms with E-state index in [1.807, 2.05) is 6.92 Å². The Morgan fingerprint density at radius 1 is 0.576 bits per heavy atom. The molecule has 0 saturated carbocycles. The molecule has 0 radical (unpaired) electrons. The second kappa shape index (κ2) is 22.2. The Kier molecular flexibility index (Phi) is 16.8. The number of hydrogen-bond donors (Lipinski definition) is 4. The molecule has 4 heterocycles. The van der Waals surface area contributed by atoms with Crippen molar-refractivity contribution in [3.05, 3.63) is 143 Å². The number of hydrogen-bond acceptors (Lipinski definition) is 11. The van der Waals surface area contributed by atoms with E-state index in [4.69, 9.17) is 0 Å². The lowest BCUT2D eigenvalue weighted by Crippen LogP contribution is -2.35. The minimum atomic E-state index is -4.84. The summed E-state index contributed by atoms with van der Waals surface area (Å²) in [6.07, 6.45) is -5.07. The number of nitrogens with one attached hydrogen (secondary N) is 4. The van der Waals surface area contributed by atoms with Gasteiger partial charge in [-0.1, -0.05) is 50.2 Å². The van der Waals surface area contributed by atoms with E-state index in [0.29, 0.717) is 16.9 Å². The number of alkyl halides is 6. The Hall–Kier alpha value is -7.08. The van der Waals surface area contributed by atoms with Crippen LogP contribution in [0.2, 0.25) is 0 Å². The summed E-state index contributed by atoms with van der Waals surface area (Å²) < 4.78 is 106. The van der Waals surface area contributed by atoms with Gasteiger partial charge in [0, 0.05) is 51.0 Å². The highest BCUT2D eigenvalue weighted by molar-refractivity contribution is 7.99. The van der Waals surface area contributed by atoms with Crippen LogP contribution in [-0.2, 0) is 22.2 Å². The average molecular weight is 959 g/mol. The van der Waals surface area contributed by atoms with Gasteiger partial charge in [0.1, 0.15) is 0 Å². The Morgan fingerprint density at radius 3 is 1.33 bits per heavy atom. The third kappa shape index (κ3) is 13.5. The third-order valence-electron chi connectivity index (χ3n) is 8.88. The maximum Gasteiger partial charge on any atom is 0.435 e. The number of carbonyl (C=O) groups excluding carboxylic acids is 4. The van der Waals surface area contributed by atoms with Crippen molar-refractivity contribution < 1.29 is 53.9 Å². The lowest BCUT2D eigenvalue weighted by atomic mass is 10.2. The molecular formula is C42H40F6N10O6S2. The quantitative estimate of drug-likeness (QED) is 0.0518. The summed E-state index contributed by atoms with van der Waals surface area (Å²) in [6.45, 7) is 3.18. The summed E-state index contributed by atoms with van der Waals surface area (Å²) >= 11 is 1.54. The molecule has 0 atom stereocenters. The lowest BCUT2D eigenvalue weighted by molar-refractivity contribution is -0.142. The molecular weight excluding hydrogens is 919 g/mol. The lowest BCUT2D eigenvalue weighted by Gasteiger charge is -2.08. The number of amides is 4. The van der Waals surface area contributed by atoms with Gasteiger partial charge in [0.2, 0.25) is 0 Å². The van der Waals surface area contributed by atoms with Gasteiger partial charge in [-0.2, -0.15) is 36.5 Å². The minimum Gasteiger partial charge on any atom is -0.350 e. The molecule has 348 valence electrons. The number of carbonyl (C=O) groups is 4. The fraction of sp³-hybridized carbons (Fsp3) is 0.238. The highest BCUT2D eigenvalue weighted by Gasteiger charge is 2.40. The normalized spacial score (nSPS) is 11.5. The fourth-order valence-electron chi connectivity index (χ4n) is 5.62. The van der Waals surface area contributed by atoms with Gasteiger partial charge in [-0.15, -0.1) is 11.8 Å². The molecule has 16 nitrogen and oxygen atoms in total. The number of nitrogens with zero attached hydrogens (tertiary/aromatic N) is 6. The van der Waals surface area contributed by atoms with E-state index in [1.165, 1.54) is 25.3 Å². The molecule has 6 rings (SSSR count). The van der Waals surface area contributed by atoms with Crippen LogP contribution in [0.15, 0.2) is 120 Å². The fourth-order valence-corrected chi connectivity index (χ4v) is 6.99. The van der Waals surface area contributed by atoms with Gasteiger partial charge in [0.05, 0.1) is 44.4 Å². The zero-order valence-electron chi connectivity index (χ0n) is 34.9. The van der Waals surface area contributed by atoms with Gasteiger partial charge >= 0.3 is 12.4 Å². The monoisotopic (exact) mass is 958 g/mol. The Bertz CT molecular complexity index is 2720. The number of rotatable bonds is 16. The summed E-state index contributed by atoms with van der Waals surface area (Å²) in [4.78, 5) is 57.0. The number of aromatic nitrogens is 6. The van der Waals surface area contributed by atoms with E-state index in [9.17, 15) is 53.9 Å². The topological polar surface area (TPSA) is 212 Å². The number of benzene rings is 2. The molecule has 0 unspecified atom stereocenters. The van der Waals surface area contributed by atoms with Crippen molar-refractivity contribution in [1.29, 1.82) is 0 Å². The van der Waals surface area contributed by atoms with Gasteiger partial charge < -0.3 is 21.3 Å². The third-order valence-corrected chi connectivity index (χ3v) is 11.3.